The summed E-state index contributed by atoms with van der Waals surface area (Å²) in [4.78, 5) is 0. The highest BCUT2D eigenvalue weighted by atomic mass is 35.5. The summed E-state index contributed by atoms with van der Waals surface area (Å²) in [5, 5.41) is 0. The average Bonchev–Trinajstić information content (AvgIpc) is 1.31. The summed E-state index contributed by atoms with van der Waals surface area (Å²) in [7, 11) is -2.98. The van der Waals surface area contributed by atoms with Crippen molar-refractivity contribution in [1.29, 1.82) is 0 Å². The van der Waals surface area contributed by atoms with Crippen LogP contribution in [-0.4, -0.2) is 19.4 Å². The van der Waals surface area contributed by atoms with Crippen LogP contribution in [0, 0.1) is 0 Å². The molecule has 4 heteroatoms. The largest absolute Gasteiger partial charge is 0.228 e. The monoisotopic (exact) mass is 142 g/mol. The van der Waals surface area contributed by atoms with Gasteiger partial charge in [-0.05, 0) is 6.92 Å². The minimum absolute atomic E-state index is 0.757. The molecule has 0 bridgehead atoms. The van der Waals surface area contributed by atoms with E-state index in [0.717, 1.165) is 6.26 Å². The minimum Gasteiger partial charge on any atom is -0.228 e. The summed E-state index contributed by atoms with van der Waals surface area (Å²) < 4.78 is 19.6. The highest BCUT2D eigenvalue weighted by molar-refractivity contribution is 7.92. The van der Waals surface area contributed by atoms with Gasteiger partial charge in [-0.25, -0.2) is 8.42 Å². The molecule has 0 aliphatic heterocycles. The Balaban J connectivity index is 4.10. The zero-order chi connectivity index (χ0) is 6.08. The van der Waals surface area contributed by atoms with E-state index in [9.17, 15) is 8.42 Å². The van der Waals surface area contributed by atoms with Crippen LogP contribution in [-0.2, 0) is 9.84 Å². The Morgan fingerprint density at radius 2 is 1.71 bits per heavy atom. The van der Waals surface area contributed by atoms with Gasteiger partial charge in [0.15, 0.2) is 9.84 Å². The van der Waals surface area contributed by atoms with Gasteiger partial charge in [-0.2, -0.15) is 0 Å². The van der Waals surface area contributed by atoms with Crippen molar-refractivity contribution in [3.63, 3.8) is 0 Å². The van der Waals surface area contributed by atoms with Gasteiger partial charge in [0.25, 0.3) is 0 Å². The van der Waals surface area contributed by atoms with Crippen molar-refractivity contribution in [2.45, 2.75) is 11.6 Å². The van der Waals surface area contributed by atoms with Crippen LogP contribution in [0.5, 0.6) is 0 Å². The molecular weight excluding hydrogens is 136 g/mol. The number of halogens is 1. The van der Waals surface area contributed by atoms with Gasteiger partial charge in [-0.3, -0.25) is 0 Å². The Labute approximate surface area is 48.4 Å². The molecule has 0 amide bonds. The van der Waals surface area contributed by atoms with Gasteiger partial charge in [-0.15, -0.1) is 11.6 Å². The molecule has 0 fully saturated rings. The second-order valence-electron chi connectivity index (χ2n) is 1.37. The Kier molecular flexibility index (Phi) is 2.08. The van der Waals surface area contributed by atoms with Gasteiger partial charge in [0, 0.05) is 6.26 Å². The molecule has 1 atom stereocenters. The molecule has 7 heavy (non-hydrogen) atoms. The Morgan fingerprint density at radius 1 is 1.57 bits per heavy atom. The van der Waals surface area contributed by atoms with E-state index in [1.807, 2.05) is 0 Å². The third kappa shape index (κ3) is 2.88. The lowest BCUT2D eigenvalue weighted by Crippen LogP contribution is -2.07. The molecule has 0 aliphatic rings. The van der Waals surface area contributed by atoms with Gasteiger partial charge in [0.1, 0.15) is 4.71 Å². The topological polar surface area (TPSA) is 34.1 Å². The predicted molar refractivity (Wildman–Crippen MR) is 30.2 cm³/mol. The van der Waals surface area contributed by atoms with E-state index in [1.54, 1.807) is 0 Å². The third-order valence-electron chi connectivity index (χ3n) is 0.590. The molecule has 0 N–H and O–H groups in total. The Bertz CT molecular complexity index is 135. The maximum Gasteiger partial charge on any atom is 0.163 e. The molecular formula is C3H7ClO2S. The van der Waals surface area contributed by atoms with Gasteiger partial charge in [0.05, 0.1) is 0 Å². The summed E-state index contributed by atoms with van der Waals surface area (Å²) in [6.45, 7) is 1.43. The van der Waals surface area contributed by atoms with Crippen LogP contribution in [0.25, 0.3) is 0 Å². The standard InChI is InChI=1S/C3H7ClO2S/c1-3(4)7(2,5)6/h3H,1-2H3. The van der Waals surface area contributed by atoms with Crippen LogP contribution in [0.1, 0.15) is 6.92 Å². The highest BCUT2D eigenvalue weighted by Gasteiger charge is 2.08. The minimum atomic E-state index is -2.98. The van der Waals surface area contributed by atoms with Crippen molar-refractivity contribution in [3.05, 3.63) is 0 Å². The SMILES string of the molecule is CC(Cl)S(C)(=O)=O. The zero-order valence-electron chi connectivity index (χ0n) is 4.18. The van der Waals surface area contributed by atoms with Gasteiger partial charge in [0.2, 0.25) is 0 Å². The molecule has 0 heterocycles. The lowest BCUT2D eigenvalue weighted by atomic mass is 11.0. The average molecular weight is 143 g/mol. The van der Waals surface area contributed by atoms with Crippen LogP contribution in [0.15, 0.2) is 0 Å². The maximum atomic E-state index is 10.2. The number of rotatable bonds is 1. The first kappa shape index (κ1) is 7.24. The van der Waals surface area contributed by atoms with E-state index in [4.69, 9.17) is 11.6 Å². The van der Waals surface area contributed by atoms with Crippen molar-refractivity contribution in [2.75, 3.05) is 6.26 Å². The lowest BCUT2D eigenvalue weighted by Gasteiger charge is -1.93. The van der Waals surface area contributed by atoms with Crippen LogP contribution < -0.4 is 0 Å². The van der Waals surface area contributed by atoms with Crippen molar-refractivity contribution < 1.29 is 8.42 Å². The van der Waals surface area contributed by atoms with Gasteiger partial charge in [-0.1, -0.05) is 0 Å². The summed E-state index contributed by atoms with van der Waals surface area (Å²) in [5.74, 6) is 0. The van der Waals surface area contributed by atoms with Crippen LogP contribution in [0.4, 0.5) is 0 Å². The van der Waals surface area contributed by atoms with E-state index >= 15 is 0 Å². The van der Waals surface area contributed by atoms with E-state index in [2.05, 4.69) is 0 Å². The molecule has 0 aromatic heterocycles. The van der Waals surface area contributed by atoms with E-state index in [-0.39, 0.29) is 0 Å². The number of alkyl halides is 1. The van der Waals surface area contributed by atoms with Gasteiger partial charge < -0.3 is 0 Å². The smallest absolute Gasteiger partial charge is 0.163 e. The zero-order valence-corrected chi connectivity index (χ0v) is 5.75. The fraction of sp³-hybridized carbons (Fsp3) is 1.00. The quantitative estimate of drug-likeness (QED) is 0.503. The third-order valence-corrected chi connectivity index (χ3v) is 2.74. The number of hydrogen-bond donors (Lipinski definition) is 0. The molecule has 0 rings (SSSR count). The summed E-state index contributed by atoms with van der Waals surface area (Å²) in [5.41, 5.74) is 0. The first-order valence-electron chi connectivity index (χ1n) is 1.77. The normalized spacial score (nSPS) is 16.4. The molecule has 0 radical (unpaired) electrons. The fourth-order valence-corrected chi connectivity index (χ4v) is 0. The molecule has 0 saturated carbocycles. The Hall–Kier alpha value is 0.240. The fourth-order valence-electron chi connectivity index (χ4n) is 0. The first-order valence-corrected chi connectivity index (χ1v) is 4.16. The van der Waals surface area contributed by atoms with Crippen molar-refractivity contribution in [1.82, 2.24) is 0 Å². The molecule has 0 aliphatic carbocycles. The number of hydrogen-bond acceptors (Lipinski definition) is 2. The van der Waals surface area contributed by atoms with Crippen LogP contribution in [0.3, 0.4) is 0 Å². The lowest BCUT2D eigenvalue weighted by molar-refractivity contribution is 0.600. The second-order valence-corrected chi connectivity index (χ2v) is 4.65. The van der Waals surface area contributed by atoms with E-state index < -0.39 is 14.5 Å². The van der Waals surface area contributed by atoms with Crippen molar-refractivity contribution >= 4 is 21.4 Å². The van der Waals surface area contributed by atoms with E-state index in [1.165, 1.54) is 6.92 Å². The molecule has 1 unspecified atom stereocenters. The summed E-state index contributed by atoms with van der Waals surface area (Å²) in [6.07, 6.45) is 1.10. The van der Waals surface area contributed by atoms with Crippen LogP contribution in [0.2, 0.25) is 0 Å². The molecule has 2 nitrogen and oxygen atoms in total. The van der Waals surface area contributed by atoms with Crippen molar-refractivity contribution in [2.24, 2.45) is 0 Å². The highest BCUT2D eigenvalue weighted by Crippen LogP contribution is 2.00. The molecule has 0 spiro atoms. The Morgan fingerprint density at radius 3 is 1.71 bits per heavy atom. The van der Waals surface area contributed by atoms with Crippen LogP contribution >= 0.6 is 11.6 Å². The molecule has 0 saturated heterocycles. The molecule has 0 aromatic rings. The molecule has 0 aromatic carbocycles. The summed E-state index contributed by atoms with van der Waals surface area (Å²) >= 11 is 5.17. The van der Waals surface area contributed by atoms with Gasteiger partial charge >= 0.3 is 0 Å². The second kappa shape index (κ2) is 2.01. The maximum absolute atomic E-state index is 10.2. The number of sulfone groups is 1. The first-order chi connectivity index (χ1) is 2.94. The van der Waals surface area contributed by atoms with Crippen molar-refractivity contribution in [3.8, 4) is 0 Å². The summed E-state index contributed by atoms with van der Waals surface area (Å²) in [6, 6.07) is 0. The predicted octanol–water partition coefficient (Wildman–Crippen LogP) is 0.616. The van der Waals surface area contributed by atoms with E-state index in [0.29, 0.717) is 0 Å². The molecule has 44 valence electrons.